The van der Waals surface area contributed by atoms with Crippen LogP contribution in [0.1, 0.15) is 6.92 Å². The molecule has 1 heterocycles. The minimum atomic E-state index is -0.331. The fraction of sp³-hybridized carbons (Fsp3) is 0.136. The molecule has 1 unspecified atom stereocenters. The van der Waals surface area contributed by atoms with Crippen LogP contribution in [0.25, 0.3) is 22.2 Å². The summed E-state index contributed by atoms with van der Waals surface area (Å²) in [7, 11) is 1.89. The Kier molecular flexibility index (Phi) is 5.56. The van der Waals surface area contributed by atoms with Crippen LogP contribution in [-0.2, 0) is 11.8 Å². The van der Waals surface area contributed by atoms with Crippen LogP contribution in [0.2, 0.25) is 5.02 Å². The summed E-state index contributed by atoms with van der Waals surface area (Å²) in [4.78, 5) is 12.7. The lowest BCUT2D eigenvalue weighted by molar-refractivity contribution is -0.115. The molecular weight excluding hydrogens is 404 g/mol. The maximum Gasteiger partial charge on any atom is 0.237 e. The first kappa shape index (κ1) is 19.5. The molecule has 0 aliphatic carbocycles. The Bertz CT molecular complexity index is 1170. The topological polar surface area (TPSA) is 59.8 Å². The van der Waals surface area contributed by atoms with E-state index >= 15 is 0 Å². The zero-order valence-corrected chi connectivity index (χ0v) is 17.5. The Labute approximate surface area is 178 Å². The van der Waals surface area contributed by atoms with E-state index < -0.39 is 0 Å². The molecule has 4 aromatic rings. The van der Waals surface area contributed by atoms with Crippen molar-refractivity contribution in [1.29, 1.82) is 0 Å². The quantitative estimate of drug-likeness (QED) is 0.437. The lowest BCUT2D eigenvalue weighted by Crippen LogP contribution is -2.22. The molecule has 0 spiro atoms. The molecule has 146 valence electrons. The molecular formula is C22H19ClN4OS. The van der Waals surface area contributed by atoms with Gasteiger partial charge in [-0.3, -0.25) is 4.79 Å². The summed E-state index contributed by atoms with van der Waals surface area (Å²) in [6.07, 6.45) is 0. The number of carbonyl (C=O) groups is 1. The standard InChI is InChI=1S/C22H19ClN4OS/c1-14(21(28)24-19-12-9-15-5-3-4-6-17(15)13-19)29-22-26-25-20(27(22)2)16-7-10-18(23)11-8-16/h3-14H,1-2H3,(H,24,28). The number of nitrogens with one attached hydrogen (secondary N) is 1. The van der Waals surface area contributed by atoms with Crippen molar-refractivity contribution in [3.8, 4) is 11.4 Å². The van der Waals surface area contributed by atoms with Crippen LogP contribution in [-0.4, -0.2) is 25.9 Å². The third kappa shape index (κ3) is 4.28. The molecule has 1 aromatic heterocycles. The number of fused-ring (bicyclic) bond motifs is 1. The molecule has 0 radical (unpaired) electrons. The van der Waals surface area contributed by atoms with E-state index in [1.807, 2.05) is 85.3 Å². The largest absolute Gasteiger partial charge is 0.325 e. The van der Waals surface area contributed by atoms with E-state index in [0.29, 0.717) is 10.2 Å². The highest BCUT2D eigenvalue weighted by Crippen LogP contribution is 2.27. The van der Waals surface area contributed by atoms with Crippen molar-refractivity contribution in [2.75, 3.05) is 5.32 Å². The SMILES string of the molecule is CC(Sc1nnc(-c2ccc(Cl)cc2)n1C)C(=O)Nc1ccc2ccccc2c1. The van der Waals surface area contributed by atoms with Gasteiger partial charge in [0.15, 0.2) is 11.0 Å². The fourth-order valence-electron chi connectivity index (χ4n) is 2.99. The molecule has 1 amide bonds. The summed E-state index contributed by atoms with van der Waals surface area (Å²) < 4.78 is 1.88. The molecule has 0 aliphatic heterocycles. The van der Waals surface area contributed by atoms with Gasteiger partial charge in [-0.1, -0.05) is 53.7 Å². The number of nitrogens with zero attached hydrogens (tertiary/aromatic N) is 3. The average molecular weight is 423 g/mol. The monoisotopic (exact) mass is 422 g/mol. The first-order chi connectivity index (χ1) is 14.0. The molecule has 5 nitrogen and oxygen atoms in total. The number of amides is 1. The minimum Gasteiger partial charge on any atom is -0.325 e. The third-order valence-electron chi connectivity index (χ3n) is 4.61. The zero-order chi connectivity index (χ0) is 20.4. The van der Waals surface area contributed by atoms with Gasteiger partial charge < -0.3 is 9.88 Å². The van der Waals surface area contributed by atoms with Crippen molar-refractivity contribution in [3.63, 3.8) is 0 Å². The van der Waals surface area contributed by atoms with Crippen molar-refractivity contribution in [2.24, 2.45) is 7.05 Å². The zero-order valence-electron chi connectivity index (χ0n) is 16.0. The number of benzene rings is 3. The van der Waals surface area contributed by atoms with Crippen LogP contribution in [0.4, 0.5) is 5.69 Å². The van der Waals surface area contributed by atoms with Crippen LogP contribution >= 0.6 is 23.4 Å². The van der Waals surface area contributed by atoms with Crippen molar-refractivity contribution in [1.82, 2.24) is 14.8 Å². The van der Waals surface area contributed by atoms with Crippen molar-refractivity contribution in [2.45, 2.75) is 17.3 Å². The predicted octanol–water partition coefficient (Wildman–Crippen LogP) is 5.41. The minimum absolute atomic E-state index is 0.0821. The number of hydrogen-bond donors (Lipinski definition) is 1. The van der Waals surface area contributed by atoms with Crippen molar-refractivity contribution in [3.05, 3.63) is 71.8 Å². The molecule has 0 saturated carbocycles. The number of halogens is 1. The summed E-state index contributed by atoms with van der Waals surface area (Å²) in [6, 6.07) is 21.4. The van der Waals surface area contributed by atoms with Crippen LogP contribution in [0.3, 0.4) is 0 Å². The summed E-state index contributed by atoms with van der Waals surface area (Å²) in [5.74, 6) is 0.646. The van der Waals surface area contributed by atoms with Crippen LogP contribution in [0, 0.1) is 0 Å². The Balaban J connectivity index is 1.46. The number of hydrogen-bond acceptors (Lipinski definition) is 4. The number of rotatable bonds is 5. The highest BCUT2D eigenvalue weighted by atomic mass is 35.5. The Morgan fingerprint density at radius 1 is 1.03 bits per heavy atom. The predicted molar refractivity (Wildman–Crippen MR) is 119 cm³/mol. The maximum absolute atomic E-state index is 12.7. The van der Waals surface area contributed by atoms with Gasteiger partial charge in [0, 0.05) is 23.3 Å². The molecule has 1 N–H and O–H groups in total. The van der Waals surface area contributed by atoms with E-state index in [-0.39, 0.29) is 11.2 Å². The summed E-state index contributed by atoms with van der Waals surface area (Å²) in [6.45, 7) is 1.86. The molecule has 0 bridgehead atoms. The molecule has 3 aromatic carbocycles. The Morgan fingerprint density at radius 3 is 2.52 bits per heavy atom. The first-order valence-electron chi connectivity index (χ1n) is 9.13. The van der Waals surface area contributed by atoms with E-state index in [1.165, 1.54) is 11.8 Å². The molecule has 4 rings (SSSR count). The molecule has 0 fully saturated rings. The lowest BCUT2D eigenvalue weighted by Gasteiger charge is -2.12. The lowest BCUT2D eigenvalue weighted by atomic mass is 10.1. The number of aromatic nitrogens is 3. The molecule has 29 heavy (non-hydrogen) atoms. The van der Waals surface area contributed by atoms with Crippen LogP contribution in [0.15, 0.2) is 71.9 Å². The number of thioether (sulfide) groups is 1. The summed E-state index contributed by atoms with van der Waals surface area (Å²) in [5, 5.41) is 14.7. The van der Waals surface area contributed by atoms with Crippen molar-refractivity contribution >= 4 is 45.7 Å². The summed E-state index contributed by atoms with van der Waals surface area (Å²) >= 11 is 7.33. The van der Waals surface area contributed by atoms with Gasteiger partial charge in [-0.15, -0.1) is 10.2 Å². The third-order valence-corrected chi connectivity index (χ3v) is 5.99. The van der Waals surface area contributed by atoms with Crippen LogP contribution < -0.4 is 5.32 Å². The van der Waals surface area contributed by atoms with Gasteiger partial charge in [-0.25, -0.2) is 0 Å². The van der Waals surface area contributed by atoms with E-state index in [9.17, 15) is 4.79 Å². The number of carbonyl (C=O) groups excluding carboxylic acids is 1. The molecule has 0 saturated heterocycles. The van der Waals surface area contributed by atoms with Crippen molar-refractivity contribution < 1.29 is 4.79 Å². The highest BCUT2D eigenvalue weighted by molar-refractivity contribution is 8.00. The van der Waals surface area contributed by atoms with E-state index in [1.54, 1.807) is 0 Å². The van der Waals surface area contributed by atoms with Gasteiger partial charge >= 0.3 is 0 Å². The highest BCUT2D eigenvalue weighted by Gasteiger charge is 2.19. The second kappa shape index (κ2) is 8.27. The van der Waals surface area contributed by atoms with Crippen LogP contribution in [0.5, 0.6) is 0 Å². The van der Waals surface area contributed by atoms with Gasteiger partial charge in [-0.05, 0) is 54.1 Å². The van der Waals surface area contributed by atoms with Gasteiger partial charge in [0.25, 0.3) is 0 Å². The number of anilines is 1. The Morgan fingerprint density at radius 2 is 1.76 bits per heavy atom. The first-order valence-corrected chi connectivity index (χ1v) is 10.4. The average Bonchev–Trinajstić information content (AvgIpc) is 3.08. The fourth-order valence-corrected chi connectivity index (χ4v) is 3.93. The normalized spacial score (nSPS) is 12.1. The second-order valence-corrected chi connectivity index (χ2v) is 8.43. The van der Waals surface area contributed by atoms with Gasteiger partial charge in [0.2, 0.25) is 5.91 Å². The smallest absolute Gasteiger partial charge is 0.237 e. The molecule has 0 aliphatic rings. The van der Waals surface area contributed by atoms with Gasteiger partial charge in [-0.2, -0.15) is 0 Å². The van der Waals surface area contributed by atoms with E-state index in [2.05, 4.69) is 15.5 Å². The maximum atomic E-state index is 12.7. The second-order valence-electron chi connectivity index (χ2n) is 6.68. The Hall–Kier alpha value is -2.83. The summed E-state index contributed by atoms with van der Waals surface area (Å²) in [5.41, 5.74) is 1.70. The van der Waals surface area contributed by atoms with E-state index in [4.69, 9.17) is 11.6 Å². The molecule has 7 heteroatoms. The molecule has 1 atom stereocenters. The van der Waals surface area contributed by atoms with Gasteiger partial charge in [0.1, 0.15) is 0 Å². The van der Waals surface area contributed by atoms with E-state index in [0.717, 1.165) is 27.8 Å². The van der Waals surface area contributed by atoms with Gasteiger partial charge in [0.05, 0.1) is 5.25 Å².